The van der Waals surface area contributed by atoms with Gasteiger partial charge in [-0.25, -0.2) is 0 Å². The molecular weight excluding hydrogens is 222 g/mol. The summed E-state index contributed by atoms with van der Waals surface area (Å²) in [7, 11) is 1.63. The van der Waals surface area contributed by atoms with Crippen molar-refractivity contribution in [1.82, 2.24) is 0 Å². The number of hydrogen-bond acceptors (Lipinski definition) is 3. The van der Waals surface area contributed by atoms with Crippen LogP contribution in [0.25, 0.3) is 0 Å². The molecule has 1 amide bonds. The molecule has 1 aromatic rings. The first-order chi connectivity index (χ1) is 7.98. The number of amides is 1. The van der Waals surface area contributed by atoms with E-state index in [-0.39, 0.29) is 11.7 Å². The Bertz CT molecular complexity index is 553. The largest absolute Gasteiger partial charge is 0.508 e. The summed E-state index contributed by atoms with van der Waals surface area (Å²) in [5, 5.41) is 18.5. The number of phenolic OH excluding ortho intramolecular Hbond substituents is 1. The number of hydrogen-bond donors (Lipinski definition) is 2. The van der Waals surface area contributed by atoms with Gasteiger partial charge in [0.15, 0.2) is 0 Å². The highest BCUT2D eigenvalue weighted by Gasteiger charge is 2.69. The molecule has 2 atom stereocenters. The number of anilines is 1. The summed E-state index contributed by atoms with van der Waals surface area (Å²) in [6.07, 6.45) is 0.321. The fraction of sp³-hybridized carbons (Fsp3) is 0.333. The second-order valence-electron chi connectivity index (χ2n) is 4.63. The topological polar surface area (TPSA) is 77.8 Å². The molecule has 0 bridgehead atoms. The van der Waals surface area contributed by atoms with Crippen LogP contribution in [0.15, 0.2) is 18.2 Å². The maximum Gasteiger partial charge on any atom is 0.307 e. The molecular formula is C12H11NO4. The SMILES string of the molecule is CN1C(=O)C2(CC2C(=O)O)c2cc(O)ccc21. The van der Waals surface area contributed by atoms with Gasteiger partial charge >= 0.3 is 5.97 Å². The van der Waals surface area contributed by atoms with Gasteiger partial charge in [-0.3, -0.25) is 9.59 Å². The van der Waals surface area contributed by atoms with Crippen molar-refractivity contribution < 1.29 is 19.8 Å². The number of nitrogens with zero attached hydrogens (tertiary/aromatic N) is 1. The molecule has 2 unspecified atom stereocenters. The van der Waals surface area contributed by atoms with E-state index < -0.39 is 17.3 Å². The minimum absolute atomic E-state index is 0.0577. The number of fused-ring (bicyclic) bond motifs is 2. The molecule has 1 fully saturated rings. The summed E-state index contributed by atoms with van der Waals surface area (Å²) in [5.41, 5.74) is 0.392. The Morgan fingerprint density at radius 1 is 1.53 bits per heavy atom. The lowest BCUT2D eigenvalue weighted by molar-refractivity contribution is -0.140. The van der Waals surface area contributed by atoms with E-state index in [2.05, 4.69) is 0 Å². The van der Waals surface area contributed by atoms with Crippen LogP contribution in [0.4, 0.5) is 5.69 Å². The molecule has 1 heterocycles. The molecule has 17 heavy (non-hydrogen) atoms. The van der Waals surface area contributed by atoms with Crippen molar-refractivity contribution in [3.8, 4) is 5.75 Å². The first-order valence-corrected chi connectivity index (χ1v) is 5.33. The van der Waals surface area contributed by atoms with E-state index in [0.29, 0.717) is 17.7 Å². The van der Waals surface area contributed by atoms with Gasteiger partial charge in [0.1, 0.15) is 5.75 Å². The third kappa shape index (κ3) is 1.03. The molecule has 1 spiro atoms. The third-order valence-electron chi connectivity index (χ3n) is 3.77. The predicted octanol–water partition coefficient (Wildman–Crippen LogP) is 0.711. The number of likely N-dealkylation sites (N-methyl/N-ethyl adjacent to an activating group) is 1. The average molecular weight is 233 g/mol. The van der Waals surface area contributed by atoms with Crippen molar-refractivity contribution >= 4 is 17.6 Å². The Balaban J connectivity index is 2.18. The molecule has 88 valence electrons. The van der Waals surface area contributed by atoms with Crippen molar-refractivity contribution in [2.24, 2.45) is 5.92 Å². The van der Waals surface area contributed by atoms with E-state index in [1.54, 1.807) is 13.1 Å². The molecule has 1 aliphatic heterocycles. The van der Waals surface area contributed by atoms with Crippen LogP contribution < -0.4 is 4.90 Å². The van der Waals surface area contributed by atoms with Crippen LogP contribution in [0.1, 0.15) is 12.0 Å². The Morgan fingerprint density at radius 2 is 2.24 bits per heavy atom. The van der Waals surface area contributed by atoms with Crippen LogP contribution in [0, 0.1) is 5.92 Å². The fourth-order valence-electron chi connectivity index (χ4n) is 2.79. The lowest BCUT2D eigenvalue weighted by Crippen LogP contribution is -2.30. The minimum atomic E-state index is -0.956. The maximum atomic E-state index is 12.2. The normalized spacial score (nSPS) is 29.6. The third-order valence-corrected chi connectivity index (χ3v) is 3.77. The van der Waals surface area contributed by atoms with Crippen LogP contribution in [0.3, 0.4) is 0 Å². The van der Waals surface area contributed by atoms with Crippen LogP contribution in [0.5, 0.6) is 5.75 Å². The van der Waals surface area contributed by atoms with E-state index >= 15 is 0 Å². The van der Waals surface area contributed by atoms with Crippen molar-refractivity contribution in [3.05, 3.63) is 23.8 Å². The lowest BCUT2D eigenvalue weighted by atomic mass is 9.94. The summed E-state index contributed by atoms with van der Waals surface area (Å²) in [4.78, 5) is 24.7. The predicted molar refractivity (Wildman–Crippen MR) is 58.9 cm³/mol. The maximum absolute atomic E-state index is 12.2. The first kappa shape index (κ1) is 10.1. The highest BCUT2D eigenvalue weighted by molar-refractivity contribution is 6.13. The molecule has 1 aromatic carbocycles. The van der Waals surface area contributed by atoms with Gasteiger partial charge in [-0.05, 0) is 30.2 Å². The van der Waals surface area contributed by atoms with E-state index in [4.69, 9.17) is 5.11 Å². The molecule has 1 aliphatic carbocycles. The number of carbonyl (C=O) groups excluding carboxylic acids is 1. The standard InChI is InChI=1S/C12H11NO4/c1-13-9-3-2-6(14)4-7(9)12(11(13)17)5-8(12)10(15)16/h2-4,8,14H,5H2,1H3,(H,15,16). The van der Waals surface area contributed by atoms with Crippen LogP contribution in [-0.4, -0.2) is 29.1 Å². The zero-order valence-electron chi connectivity index (χ0n) is 9.17. The molecule has 2 N–H and O–H groups in total. The minimum Gasteiger partial charge on any atom is -0.508 e. The Morgan fingerprint density at radius 3 is 2.82 bits per heavy atom. The van der Waals surface area contributed by atoms with Crippen molar-refractivity contribution in [1.29, 1.82) is 0 Å². The van der Waals surface area contributed by atoms with Crippen LogP contribution >= 0.6 is 0 Å². The number of aliphatic carboxylic acids is 1. The van der Waals surface area contributed by atoms with Gasteiger partial charge in [0.2, 0.25) is 5.91 Å². The fourth-order valence-corrected chi connectivity index (χ4v) is 2.79. The summed E-state index contributed by atoms with van der Waals surface area (Å²) in [6, 6.07) is 4.65. The van der Waals surface area contributed by atoms with Gasteiger partial charge < -0.3 is 15.1 Å². The van der Waals surface area contributed by atoms with Gasteiger partial charge in [0.25, 0.3) is 0 Å². The van der Waals surface area contributed by atoms with E-state index in [0.717, 1.165) is 0 Å². The number of carboxylic acid groups (broad SMARTS) is 1. The first-order valence-electron chi connectivity index (χ1n) is 5.33. The summed E-state index contributed by atoms with van der Waals surface area (Å²) in [5.74, 6) is -1.75. The zero-order valence-corrected chi connectivity index (χ0v) is 9.17. The average Bonchev–Trinajstić information content (AvgIpc) is 2.99. The summed E-state index contributed by atoms with van der Waals surface area (Å²) in [6.45, 7) is 0. The Labute approximate surface area is 97.3 Å². The number of carbonyl (C=O) groups is 2. The van der Waals surface area contributed by atoms with Crippen molar-refractivity contribution in [2.45, 2.75) is 11.8 Å². The van der Waals surface area contributed by atoms with Gasteiger partial charge in [0, 0.05) is 12.7 Å². The molecule has 0 aromatic heterocycles. The molecule has 2 aliphatic rings. The van der Waals surface area contributed by atoms with Crippen LogP contribution in [-0.2, 0) is 15.0 Å². The second-order valence-corrected chi connectivity index (χ2v) is 4.63. The zero-order chi connectivity index (χ0) is 12.4. The molecule has 3 rings (SSSR count). The number of phenols is 1. The Kier molecular flexibility index (Phi) is 1.67. The van der Waals surface area contributed by atoms with Gasteiger partial charge in [-0.2, -0.15) is 0 Å². The van der Waals surface area contributed by atoms with Gasteiger partial charge in [-0.15, -0.1) is 0 Å². The molecule has 5 nitrogen and oxygen atoms in total. The van der Waals surface area contributed by atoms with E-state index in [9.17, 15) is 14.7 Å². The molecule has 5 heteroatoms. The van der Waals surface area contributed by atoms with Crippen molar-refractivity contribution in [3.63, 3.8) is 0 Å². The van der Waals surface area contributed by atoms with Gasteiger partial charge in [-0.1, -0.05) is 0 Å². The summed E-state index contributed by atoms with van der Waals surface area (Å²) >= 11 is 0. The molecule has 0 saturated heterocycles. The Hall–Kier alpha value is -2.04. The van der Waals surface area contributed by atoms with E-state index in [1.165, 1.54) is 17.0 Å². The number of rotatable bonds is 1. The van der Waals surface area contributed by atoms with E-state index in [1.807, 2.05) is 0 Å². The summed E-state index contributed by atoms with van der Waals surface area (Å²) < 4.78 is 0. The highest BCUT2D eigenvalue weighted by Crippen LogP contribution is 2.61. The highest BCUT2D eigenvalue weighted by atomic mass is 16.4. The molecule has 0 radical (unpaired) electrons. The van der Waals surface area contributed by atoms with Crippen LogP contribution in [0.2, 0.25) is 0 Å². The number of carboxylic acids is 1. The van der Waals surface area contributed by atoms with Crippen molar-refractivity contribution in [2.75, 3.05) is 11.9 Å². The number of aromatic hydroxyl groups is 1. The second kappa shape index (κ2) is 2.80. The monoisotopic (exact) mass is 233 g/mol. The lowest BCUT2D eigenvalue weighted by Gasteiger charge is -2.09. The smallest absolute Gasteiger partial charge is 0.307 e. The van der Waals surface area contributed by atoms with Gasteiger partial charge in [0.05, 0.1) is 11.3 Å². The molecule has 1 saturated carbocycles. The quantitative estimate of drug-likeness (QED) is 0.748. The number of benzene rings is 1.